The van der Waals surface area contributed by atoms with Crippen LogP contribution in [0.2, 0.25) is 5.02 Å². The SMILES string of the molecule is COc1cc(Cl)ccc1CN=C(N)Nc1ccc(C)c(C)c1. The first-order chi connectivity index (χ1) is 10.5. The highest BCUT2D eigenvalue weighted by Gasteiger charge is 2.04. The van der Waals surface area contributed by atoms with E-state index in [1.807, 2.05) is 30.3 Å². The standard InChI is InChI=1S/C17H20ClN3O/c1-11-4-7-15(8-12(11)2)21-17(19)20-10-13-5-6-14(18)9-16(13)22-3/h4-9H,10H2,1-3H3,(H3,19,20,21). The number of anilines is 1. The summed E-state index contributed by atoms with van der Waals surface area (Å²) in [7, 11) is 1.61. The van der Waals surface area contributed by atoms with Gasteiger partial charge in [-0.3, -0.25) is 0 Å². The monoisotopic (exact) mass is 317 g/mol. The molecule has 0 spiro atoms. The summed E-state index contributed by atoms with van der Waals surface area (Å²) in [4.78, 5) is 4.34. The number of rotatable bonds is 4. The first-order valence-electron chi connectivity index (χ1n) is 6.96. The van der Waals surface area contributed by atoms with E-state index in [1.54, 1.807) is 13.2 Å². The van der Waals surface area contributed by atoms with Crippen molar-refractivity contribution in [2.45, 2.75) is 20.4 Å². The van der Waals surface area contributed by atoms with Crippen molar-refractivity contribution in [1.82, 2.24) is 0 Å². The molecular formula is C17H20ClN3O. The molecule has 0 aliphatic carbocycles. The van der Waals surface area contributed by atoms with E-state index in [1.165, 1.54) is 11.1 Å². The second kappa shape index (κ2) is 7.18. The minimum atomic E-state index is 0.361. The summed E-state index contributed by atoms with van der Waals surface area (Å²) in [6.45, 7) is 4.56. The maximum Gasteiger partial charge on any atom is 0.193 e. The molecular weight excluding hydrogens is 298 g/mol. The molecule has 0 radical (unpaired) electrons. The Bertz CT molecular complexity index is 698. The number of guanidine groups is 1. The van der Waals surface area contributed by atoms with Gasteiger partial charge in [0.05, 0.1) is 13.7 Å². The van der Waals surface area contributed by atoms with E-state index in [9.17, 15) is 0 Å². The van der Waals surface area contributed by atoms with E-state index >= 15 is 0 Å². The molecule has 116 valence electrons. The van der Waals surface area contributed by atoms with Crippen LogP contribution in [0.15, 0.2) is 41.4 Å². The van der Waals surface area contributed by atoms with Gasteiger partial charge < -0.3 is 15.8 Å². The number of aliphatic imine (C=N–C) groups is 1. The summed E-state index contributed by atoms with van der Waals surface area (Å²) in [6.07, 6.45) is 0. The molecule has 0 saturated carbocycles. The first-order valence-corrected chi connectivity index (χ1v) is 7.34. The zero-order valence-corrected chi connectivity index (χ0v) is 13.7. The lowest BCUT2D eigenvalue weighted by Gasteiger charge is -2.09. The number of nitrogens with two attached hydrogens (primary N) is 1. The molecule has 4 nitrogen and oxygen atoms in total. The number of aryl methyl sites for hydroxylation is 2. The molecule has 0 aliphatic heterocycles. The van der Waals surface area contributed by atoms with Gasteiger partial charge in [0.25, 0.3) is 0 Å². The molecule has 2 aromatic carbocycles. The van der Waals surface area contributed by atoms with Crippen LogP contribution < -0.4 is 15.8 Å². The number of ether oxygens (including phenoxy) is 1. The average molecular weight is 318 g/mol. The van der Waals surface area contributed by atoms with E-state index in [-0.39, 0.29) is 0 Å². The van der Waals surface area contributed by atoms with E-state index in [2.05, 4.69) is 24.2 Å². The van der Waals surface area contributed by atoms with Crippen molar-refractivity contribution in [3.63, 3.8) is 0 Å². The molecule has 0 atom stereocenters. The molecule has 0 heterocycles. The van der Waals surface area contributed by atoms with Crippen LogP contribution in [0.5, 0.6) is 5.75 Å². The Hall–Kier alpha value is -2.20. The van der Waals surface area contributed by atoms with Crippen LogP contribution in [0.3, 0.4) is 0 Å². The Morgan fingerprint density at radius 3 is 2.64 bits per heavy atom. The topological polar surface area (TPSA) is 59.6 Å². The minimum Gasteiger partial charge on any atom is -0.496 e. The summed E-state index contributed by atoms with van der Waals surface area (Å²) in [5, 5.41) is 3.72. The highest BCUT2D eigenvalue weighted by molar-refractivity contribution is 6.30. The Morgan fingerprint density at radius 1 is 1.18 bits per heavy atom. The van der Waals surface area contributed by atoms with Gasteiger partial charge in [0.1, 0.15) is 5.75 Å². The smallest absolute Gasteiger partial charge is 0.193 e. The number of hydrogen-bond acceptors (Lipinski definition) is 2. The van der Waals surface area contributed by atoms with Crippen LogP contribution in [0, 0.1) is 13.8 Å². The molecule has 2 rings (SSSR count). The van der Waals surface area contributed by atoms with E-state index in [0.717, 1.165) is 11.3 Å². The molecule has 0 unspecified atom stereocenters. The molecule has 0 fully saturated rings. The number of methoxy groups -OCH3 is 1. The quantitative estimate of drug-likeness (QED) is 0.664. The maximum absolute atomic E-state index is 5.94. The van der Waals surface area contributed by atoms with Crippen LogP contribution in [-0.2, 0) is 6.54 Å². The van der Waals surface area contributed by atoms with Crippen LogP contribution in [0.1, 0.15) is 16.7 Å². The van der Waals surface area contributed by atoms with Crippen molar-refractivity contribution in [3.05, 3.63) is 58.1 Å². The first kappa shape index (κ1) is 16.2. The van der Waals surface area contributed by atoms with E-state index in [0.29, 0.717) is 23.3 Å². The fraction of sp³-hybridized carbons (Fsp3) is 0.235. The summed E-state index contributed by atoms with van der Waals surface area (Å²) in [6, 6.07) is 11.5. The number of hydrogen-bond donors (Lipinski definition) is 2. The van der Waals surface area contributed by atoms with Gasteiger partial charge >= 0.3 is 0 Å². The van der Waals surface area contributed by atoms with Gasteiger partial charge in [-0.15, -0.1) is 0 Å². The fourth-order valence-corrected chi connectivity index (χ4v) is 2.19. The highest BCUT2D eigenvalue weighted by atomic mass is 35.5. The molecule has 0 amide bonds. The van der Waals surface area contributed by atoms with Gasteiger partial charge in [-0.25, -0.2) is 4.99 Å². The Labute approximate surface area is 136 Å². The molecule has 0 aromatic heterocycles. The summed E-state index contributed by atoms with van der Waals surface area (Å²) >= 11 is 5.94. The largest absolute Gasteiger partial charge is 0.496 e. The third kappa shape index (κ3) is 4.15. The van der Waals surface area contributed by atoms with Crippen molar-refractivity contribution in [2.24, 2.45) is 10.7 Å². The maximum atomic E-state index is 5.94. The zero-order valence-electron chi connectivity index (χ0n) is 13.0. The van der Waals surface area contributed by atoms with Gasteiger partial charge in [0.15, 0.2) is 5.96 Å². The molecule has 3 N–H and O–H groups in total. The molecule has 5 heteroatoms. The van der Waals surface area contributed by atoms with Crippen molar-refractivity contribution in [1.29, 1.82) is 0 Å². The Morgan fingerprint density at radius 2 is 1.95 bits per heavy atom. The Kier molecular flexibility index (Phi) is 5.28. The normalized spacial score (nSPS) is 11.4. The minimum absolute atomic E-state index is 0.361. The van der Waals surface area contributed by atoms with Crippen LogP contribution in [0.4, 0.5) is 5.69 Å². The third-order valence-electron chi connectivity index (χ3n) is 3.45. The van der Waals surface area contributed by atoms with E-state index in [4.69, 9.17) is 22.1 Å². The second-order valence-electron chi connectivity index (χ2n) is 5.08. The lowest BCUT2D eigenvalue weighted by Crippen LogP contribution is -2.22. The summed E-state index contributed by atoms with van der Waals surface area (Å²) in [5.41, 5.74) is 10.2. The zero-order chi connectivity index (χ0) is 16.1. The van der Waals surface area contributed by atoms with Crippen molar-refractivity contribution < 1.29 is 4.74 Å². The second-order valence-corrected chi connectivity index (χ2v) is 5.52. The number of nitrogens with zero attached hydrogens (tertiary/aromatic N) is 1. The van der Waals surface area contributed by atoms with Gasteiger partial charge in [0.2, 0.25) is 0 Å². The highest BCUT2D eigenvalue weighted by Crippen LogP contribution is 2.23. The number of benzene rings is 2. The van der Waals surface area contributed by atoms with Crippen LogP contribution in [0.25, 0.3) is 0 Å². The molecule has 0 bridgehead atoms. The molecule has 0 saturated heterocycles. The van der Waals surface area contributed by atoms with Crippen LogP contribution >= 0.6 is 11.6 Å². The summed E-state index contributed by atoms with van der Waals surface area (Å²) in [5.74, 6) is 1.07. The number of nitrogens with one attached hydrogen (secondary N) is 1. The van der Waals surface area contributed by atoms with Crippen molar-refractivity contribution in [2.75, 3.05) is 12.4 Å². The molecule has 2 aromatic rings. The lowest BCUT2D eigenvalue weighted by atomic mass is 10.1. The summed E-state index contributed by atoms with van der Waals surface area (Å²) < 4.78 is 5.29. The molecule has 0 aliphatic rings. The van der Waals surface area contributed by atoms with Gasteiger partial charge in [-0.1, -0.05) is 23.7 Å². The van der Waals surface area contributed by atoms with Crippen LogP contribution in [-0.4, -0.2) is 13.1 Å². The van der Waals surface area contributed by atoms with Gasteiger partial charge in [0, 0.05) is 16.3 Å². The van der Waals surface area contributed by atoms with Crippen molar-refractivity contribution in [3.8, 4) is 5.75 Å². The molecule has 22 heavy (non-hydrogen) atoms. The van der Waals surface area contributed by atoms with Gasteiger partial charge in [-0.05, 0) is 49.2 Å². The predicted octanol–water partition coefficient (Wildman–Crippen LogP) is 3.89. The fourth-order valence-electron chi connectivity index (χ4n) is 2.03. The predicted molar refractivity (Wildman–Crippen MR) is 92.9 cm³/mol. The van der Waals surface area contributed by atoms with E-state index < -0.39 is 0 Å². The number of halogens is 1. The third-order valence-corrected chi connectivity index (χ3v) is 3.68. The Balaban J connectivity index is 2.08. The van der Waals surface area contributed by atoms with Gasteiger partial charge in [-0.2, -0.15) is 0 Å². The van der Waals surface area contributed by atoms with Crippen molar-refractivity contribution >= 4 is 23.2 Å². The lowest BCUT2D eigenvalue weighted by molar-refractivity contribution is 0.410. The average Bonchev–Trinajstić information content (AvgIpc) is 2.49.